The first-order chi connectivity index (χ1) is 22.9. The molecule has 47 heavy (non-hydrogen) atoms. The highest BCUT2D eigenvalue weighted by Crippen LogP contribution is 2.58. The van der Waals surface area contributed by atoms with Gasteiger partial charge in [-0.2, -0.15) is 0 Å². The molecule has 0 radical (unpaired) electrons. The number of benzene rings is 5. The first-order valence-corrected chi connectivity index (χ1v) is 16.6. The SMILES string of the molecule is CC12C=CC=CC1C(O)(c1ccc(-c3cccc(-c4ccc(C5(O)c6ccccc6C6C=CC=CC65)cc4)c3)cc1)c1ccccc12. The van der Waals surface area contributed by atoms with Crippen molar-refractivity contribution >= 4 is 0 Å². The molecule has 2 heteroatoms. The van der Waals surface area contributed by atoms with Crippen molar-refractivity contribution in [1.82, 2.24) is 0 Å². The lowest BCUT2D eigenvalue weighted by molar-refractivity contribution is 0.0324. The van der Waals surface area contributed by atoms with Crippen LogP contribution in [0.5, 0.6) is 0 Å². The first kappa shape index (κ1) is 28.2. The molecule has 2 nitrogen and oxygen atoms in total. The predicted molar refractivity (Wildman–Crippen MR) is 190 cm³/mol. The molecular weight excluding hydrogens is 572 g/mol. The maximum atomic E-state index is 12.5. The molecule has 0 saturated heterocycles. The summed E-state index contributed by atoms with van der Waals surface area (Å²) in [4.78, 5) is 0. The molecule has 0 fully saturated rings. The van der Waals surface area contributed by atoms with Crippen molar-refractivity contribution in [2.45, 2.75) is 29.5 Å². The Morgan fingerprint density at radius 1 is 0.489 bits per heavy atom. The molecule has 0 aliphatic heterocycles. The molecule has 5 aromatic carbocycles. The van der Waals surface area contributed by atoms with E-state index in [1.54, 1.807) is 0 Å². The van der Waals surface area contributed by atoms with E-state index in [4.69, 9.17) is 0 Å². The van der Waals surface area contributed by atoms with Crippen LogP contribution in [0.1, 0.15) is 46.2 Å². The van der Waals surface area contributed by atoms with Gasteiger partial charge in [0.05, 0.1) is 0 Å². The Hall–Kier alpha value is -5.02. The molecule has 0 saturated carbocycles. The Morgan fingerprint density at radius 2 is 1.06 bits per heavy atom. The van der Waals surface area contributed by atoms with E-state index in [-0.39, 0.29) is 23.2 Å². The second-order valence-corrected chi connectivity index (χ2v) is 13.7. The van der Waals surface area contributed by atoms with Gasteiger partial charge >= 0.3 is 0 Å². The van der Waals surface area contributed by atoms with Crippen molar-refractivity contribution in [3.63, 3.8) is 0 Å². The van der Waals surface area contributed by atoms with Gasteiger partial charge in [-0.1, -0.05) is 171 Å². The van der Waals surface area contributed by atoms with Gasteiger partial charge in [0.25, 0.3) is 0 Å². The van der Waals surface area contributed by atoms with Gasteiger partial charge in [0.1, 0.15) is 11.2 Å². The minimum atomic E-state index is -1.11. The van der Waals surface area contributed by atoms with Gasteiger partial charge < -0.3 is 10.2 Å². The van der Waals surface area contributed by atoms with Crippen molar-refractivity contribution in [1.29, 1.82) is 0 Å². The minimum absolute atomic E-state index is 0.0304. The zero-order valence-electron chi connectivity index (χ0n) is 26.3. The van der Waals surface area contributed by atoms with Gasteiger partial charge in [0.2, 0.25) is 0 Å². The number of fused-ring (bicyclic) bond motifs is 6. The van der Waals surface area contributed by atoms with Crippen LogP contribution in [0.15, 0.2) is 170 Å². The molecule has 9 rings (SSSR count). The van der Waals surface area contributed by atoms with Crippen molar-refractivity contribution in [3.05, 3.63) is 203 Å². The van der Waals surface area contributed by atoms with Crippen molar-refractivity contribution in [2.24, 2.45) is 11.8 Å². The molecule has 0 amide bonds. The van der Waals surface area contributed by atoms with E-state index in [1.807, 2.05) is 12.1 Å². The Bertz CT molecular complexity index is 2150. The standard InChI is InChI=1S/C45H36O2/c1-43-28-9-8-19-42(43)45(47,41-18-7-6-17-40(41)43)35-26-22-31(23-27-35)33-12-10-11-32(29-33)30-20-24-34(25-21-30)44(46)38-15-4-2-13-36(38)37-14-3-5-16-39(37)44/h2-29,36,38,42,46-47H,1H3. The summed E-state index contributed by atoms with van der Waals surface area (Å²) in [6, 6.07) is 42.1. The van der Waals surface area contributed by atoms with E-state index in [0.717, 1.165) is 44.5 Å². The molecule has 4 aliphatic carbocycles. The van der Waals surface area contributed by atoms with Gasteiger partial charge in [0.15, 0.2) is 0 Å². The van der Waals surface area contributed by atoms with Crippen LogP contribution >= 0.6 is 0 Å². The number of hydrogen-bond donors (Lipinski definition) is 2. The van der Waals surface area contributed by atoms with Crippen LogP contribution in [0.25, 0.3) is 22.3 Å². The molecule has 228 valence electrons. The average molecular weight is 609 g/mol. The largest absolute Gasteiger partial charge is 0.380 e. The lowest BCUT2D eigenvalue weighted by Crippen LogP contribution is -2.39. The molecule has 0 spiro atoms. The molecule has 2 N–H and O–H groups in total. The Balaban J connectivity index is 1.03. The summed E-state index contributed by atoms with van der Waals surface area (Å²) in [5.41, 5.74) is 8.19. The number of allylic oxidation sites excluding steroid dienone is 6. The van der Waals surface area contributed by atoms with E-state index < -0.39 is 11.2 Å². The van der Waals surface area contributed by atoms with Crippen LogP contribution in [0.4, 0.5) is 0 Å². The van der Waals surface area contributed by atoms with E-state index in [2.05, 4.69) is 165 Å². The summed E-state index contributed by atoms with van der Waals surface area (Å²) >= 11 is 0. The fourth-order valence-electron chi connectivity index (χ4n) is 9.03. The number of aliphatic hydroxyl groups is 2. The second-order valence-electron chi connectivity index (χ2n) is 13.7. The van der Waals surface area contributed by atoms with Crippen molar-refractivity contribution in [3.8, 4) is 22.3 Å². The number of hydrogen-bond acceptors (Lipinski definition) is 2. The molecule has 6 atom stereocenters. The minimum Gasteiger partial charge on any atom is -0.380 e. The fourth-order valence-corrected chi connectivity index (χ4v) is 9.03. The van der Waals surface area contributed by atoms with Crippen molar-refractivity contribution in [2.75, 3.05) is 0 Å². The monoisotopic (exact) mass is 608 g/mol. The molecule has 0 aromatic heterocycles. The quantitative estimate of drug-likeness (QED) is 0.213. The average Bonchev–Trinajstić information content (AvgIpc) is 3.52. The van der Waals surface area contributed by atoms with Crippen LogP contribution in [-0.4, -0.2) is 10.2 Å². The molecule has 6 unspecified atom stereocenters. The van der Waals surface area contributed by atoms with Gasteiger partial charge in [-0.3, -0.25) is 0 Å². The van der Waals surface area contributed by atoms with E-state index >= 15 is 0 Å². The van der Waals surface area contributed by atoms with Crippen LogP contribution in [0, 0.1) is 11.8 Å². The van der Waals surface area contributed by atoms with E-state index in [1.165, 1.54) is 11.1 Å². The Morgan fingerprint density at radius 3 is 1.77 bits per heavy atom. The summed E-state index contributed by atoms with van der Waals surface area (Å²) < 4.78 is 0. The van der Waals surface area contributed by atoms with Crippen LogP contribution in [0.2, 0.25) is 0 Å². The van der Waals surface area contributed by atoms with Crippen molar-refractivity contribution < 1.29 is 10.2 Å². The van der Waals surface area contributed by atoms with Gasteiger partial charge in [-0.05, 0) is 61.7 Å². The summed E-state index contributed by atoms with van der Waals surface area (Å²) in [5, 5.41) is 24.8. The van der Waals surface area contributed by atoms with Gasteiger partial charge in [-0.25, -0.2) is 0 Å². The molecular formula is C45H36O2. The molecule has 0 bridgehead atoms. The second kappa shape index (κ2) is 10.2. The predicted octanol–water partition coefficient (Wildman–Crippen LogP) is 9.35. The highest BCUT2D eigenvalue weighted by atomic mass is 16.3. The zero-order chi connectivity index (χ0) is 31.8. The third-order valence-corrected chi connectivity index (χ3v) is 11.4. The maximum Gasteiger partial charge on any atom is 0.122 e. The lowest BCUT2D eigenvalue weighted by Gasteiger charge is -2.37. The van der Waals surface area contributed by atoms with Crippen LogP contribution in [-0.2, 0) is 16.6 Å². The topological polar surface area (TPSA) is 40.5 Å². The first-order valence-electron chi connectivity index (χ1n) is 16.6. The molecule has 0 heterocycles. The smallest absolute Gasteiger partial charge is 0.122 e. The van der Waals surface area contributed by atoms with Gasteiger partial charge in [-0.15, -0.1) is 0 Å². The van der Waals surface area contributed by atoms with E-state index in [0.29, 0.717) is 0 Å². The van der Waals surface area contributed by atoms with Gasteiger partial charge in [0, 0.05) is 23.2 Å². The lowest BCUT2D eigenvalue weighted by atomic mass is 9.69. The third kappa shape index (κ3) is 3.92. The highest BCUT2D eigenvalue weighted by Gasteiger charge is 2.56. The Kier molecular flexibility index (Phi) is 6.15. The zero-order valence-corrected chi connectivity index (χ0v) is 26.3. The summed E-state index contributed by atoms with van der Waals surface area (Å²) in [7, 11) is 0. The summed E-state index contributed by atoms with van der Waals surface area (Å²) in [6.45, 7) is 2.23. The fraction of sp³-hybridized carbons (Fsp3) is 0.156. The van der Waals surface area contributed by atoms with E-state index in [9.17, 15) is 10.2 Å². The Labute approximate surface area is 276 Å². The highest BCUT2D eigenvalue weighted by molar-refractivity contribution is 5.74. The third-order valence-electron chi connectivity index (χ3n) is 11.4. The number of rotatable bonds is 4. The molecule has 4 aliphatic rings. The summed E-state index contributed by atoms with van der Waals surface area (Å²) in [6.07, 6.45) is 17.1. The molecule has 5 aromatic rings. The van der Waals surface area contributed by atoms with Crippen LogP contribution < -0.4 is 0 Å². The van der Waals surface area contributed by atoms with Crippen LogP contribution in [0.3, 0.4) is 0 Å². The summed E-state index contributed by atoms with van der Waals surface area (Å²) in [5.74, 6) is 0.0625. The normalized spacial score (nSPS) is 29.3. The maximum absolute atomic E-state index is 12.5.